The van der Waals surface area contributed by atoms with Crippen molar-refractivity contribution >= 4 is 15.7 Å². The third-order valence-corrected chi connectivity index (χ3v) is 3.66. The highest BCUT2D eigenvalue weighted by Gasteiger charge is 2.10. The van der Waals surface area contributed by atoms with Crippen molar-refractivity contribution in [1.29, 1.82) is 0 Å². The van der Waals surface area contributed by atoms with Gasteiger partial charge < -0.3 is 4.74 Å². The molecule has 0 atom stereocenters. The summed E-state index contributed by atoms with van der Waals surface area (Å²) in [5.74, 6) is 0.767. The van der Waals surface area contributed by atoms with Crippen LogP contribution >= 0.6 is 0 Å². The molecule has 0 saturated heterocycles. The molecule has 0 aliphatic carbocycles. The smallest absolute Gasteiger partial charge is 0.232 e. The average molecular weight is 243 g/mol. The topological polar surface area (TPSA) is 55.4 Å². The number of anilines is 1. The van der Waals surface area contributed by atoms with Crippen LogP contribution in [-0.4, -0.2) is 21.3 Å². The number of aryl methyl sites for hydroxylation is 1. The lowest BCUT2D eigenvalue weighted by molar-refractivity contribution is 0.415. The highest BCUT2D eigenvalue weighted by Crippen LogP contribution is 2.22. The molecule has 1 aromatic rings. The minimum atomic E-state index is -3.24. The number of ether oxygens (including phenoxy) is 1. The summed E-state index contributed by atoms with van der Waals surface area (Å²) >= 11 is 0. The molecule has 0 spiro atoms. The quantitative estimate of drug-likeness (QED) is 0.862. The zero-order valence-electron chi connectivity index (χ0n) is 9.78. The third-order valence-electron chi connectivity index (χ3n) is 2.18. The zero-order valence-corrected chi connectivity index (χ0v) is 10.6. The van der Waals surface area contributed by atoms with E-state index in [4.69, 9.17) is 4.74 Å². The Kier molecular flexibility index (Phi) is 4.18. The van der Waals surface area contributed by atoms with Gasteiger partial charge in [-0.3, -0.25) is 4.72 Å². The van der Waals surface area contributed by atoms with E-state index in [-0.39, 0.29) is 5.75 Å². The van der Waals surface area contributed by atoms with E-state index in [2.05, 4.69) is 4.72 Å². The van der Waals surface area contributed by atoms with Gasteiger partial charge in [0.15, 0.2) is 0 Å². The van der Waals surface area contributed by atoms with Crippen molar-refractivity contribution in [3.05, 3.63) is 23.8 Å². The summed E-state index contributed by atoms with van der Waals surface area (Å²) in [5, 5.41) is 0. The number of benzene rings is 1. The van der Waals surface area contributed by atoms with Crippen LogP contribution in [0.4, 0.5) is 5.69 Å². The number of sulfonamides is 1. The van der Waals surface area contributed by atoms with Crippen LogP contribution in [0.25, 0.3) is 0 Å². The van der Waals surface area contributed by atoms with E-state index >= 15 is 0 Å². The van der Waals surface area contributed by atoms with Gasteiger partial charge in [-0.05, 0) is 25.0 Å². The number of nitrogens with one attached hydrogen (secondary N) is 1. The summed E-state index contributed by atoms with van der Waals surface area (Å²) in [6, 6.07) is 5.30. The summed E-state index contributed by atoms with van der Waals surface area (Å²) in [4.78, 5) is 0. The fraction of sp³-hybridized carbons (Fsp3) is 0.455. The minimum Gasteiger partial charge on any atom is -0.497 e. The van der Waals surface area contributed by atoms with E-state index in [1.165, 1.54) is 0 Å². The maximum absolute atomic E-state index is 11.6. The van der Waals surface area contributed by atoms with E-state index in [0.29, 0.717) is 17.9 Å². The van der Waals surface area contributed by atoms with Crippen LogP contribution in [0.1, 0.15) is 18.9 Å². The number of hydrogen-bond donors (Lipinski definition) is 1. The summed E-state index contributed by atoms with van der Waals surface area (Å²) in [5.41, 5.74) is 1.45. The Morgan fingerprint density at radius 2 is 2.06 bits per heavy atom. The lowest BCUT2D eigenvalue weighted by Crippen LogP contribution is -2.16. The second-order valence-corrected chi connectivity index (χ2v) is 5.44. The van der Waals surface area contributed by atoms with E-state index in [9.17, 15) is 8.42 Å². The van der Waals surface area contributed by atoms with Gasteiger partial charge >= 0.3 is 0 Å². The Labute approximate surface area is 96.7 Å². The van der Waals surface area contributed by atoms with E-state index in [1.54, 1.807) is 19.2 Å². The first-order valence-electron chi connectivity index (χ1n) is 5.13. The molecule has 0 aromatic heterocycles. The molecule has 0 fully saturated rings. The van der Waals surface area contributed by atoms with Crippen molar-refractivity contribution in [3.8, 4) is 5.75 Å². The molecule has 0 bridgehead atoms. The zero-order chi connectivity index (χ0) is 12.2. The van der Waals surface area contributed by atoms with Crippen LogP contribution < -0.4 is 9.46 Å². The van der Waals surface area contributed by atoms with Crippen LogP contribution in [0.5, 0.6) is 5.75 Å². The Hall–Kier alpha value is -1.23. The molecule has 0 saturated carbocycles. The Morgan fingerprint density at radius 1 is 1.38 bits per heavy atom. The molecule has 0 aliphatic heterocycles. The fourth-order valence-corrected chi connectivity index (χ4v) is 2.52. The monoisotopic (exact) mass is 243 g/mol. The average Bonchev–Trinajstić information content (AvgIpc) is 2.21. The summed E-state index contributed by atoms with van der Waals surface area (Å²) < 4.78 is 30.8. The van der Waals surface area contributed by atoms with Crippen molar-refractivity contribution in [2.45, 2.75) is 20.3 Å². The normalized spacial score (nSPS) is 11.2. The molecule has 0 unspecified atom stereocenters. The van der Waals surface area contributed by atoms with Crippen LogP contribution in [0, 0.1) is 6.92 Å². The van der Waals surface area contributed by atoms with Crippen LogP contribution in [-0.2, 0) is 10.0 Å². The minimum absolute atomic E-state index is 0.129. The summed E-state index contributed by atoms with van der Waals surface area (Å²) in [6.07, 6.45) is 0.596. The van der Waals surface area contributed by atoms with Gasteiger partial charge in [0.1, 0.15) is 5.75 Å². The summed E-state index contributed by atoms with van der Waals surface area (Å²) in [7, 11) is -1.69. The van der Waals surface area contributed by atoms with Crippen LogP contribution in [0.15, 0.2) is 18.2 Å². The van der Waals surface area contributed by atoms with Crippen molar-refractivity contribution in [2.75, 3.05) is 17.6 Å². The molecule has 1 rings (SSSR count). The fourth-order valence-electron chi connectivity index (χ4n) is 1.33. The molecular formula is C11H17NO3S. The predicted molar refractivity (Wildman–Crippen MR) is 65.4 cm³/mol. The highest BCUT2D eigenvalue weighted by molar-refractivity contribution is 7.92. The number of methoxy groups -OCH3 is 1. The van der Waals surface area contributed by atoms with Gasteiger partial charge in [-0.25, -0.2) is 8.42 Å². The van der Waals surface area contributed by atoms with Gasteiger partial charge in [0.25, 0.3) is 0 Å². The SMILES string of the molecule is CCCS(=O)(=O)Nc1cc(OC)ccc1C. The van der Waals surface area contributed by atoms with Gasteiger partial charge in [0, 0.05) is 6.07 Å². The van der Waals surface area contributed by atoms with Crippen molar-refractivity contribution in [3.63, 3.8) is 0 Å². The Bertz CT molecular complexity index is 454. The molecular weight excluding hydrogens is 226 g/mol. The molecule has 4 nitrogen and oxygen atoms in total. The van der Waals surface area contributed by atoms with E-state index < -0.39 is 10.0 Å². The highest BCUT2D eigenvalue weighted by atomic mass is 32.2. The molecule has 90 valence electrons. The first-order chi connectivity index (χ1) is 7.48. The van der Waals surface area contributed by atoms with Crippen molar-refractivity contribution in [1.82, 2.24) is 0 Å². The molecule has 0 aliphatic rings. The lowest BCUT2D eigenvalue weighted by atomic mass is 10.2. The van der Waals surface area contributed by atoms with Crippen LogP contribution in [0.2, 0.25) is 0 Å². The van der Waals surface area contributed by atoms with E-state index in [1.807, 2.05) is 19.9 Å². The Balaban J connectivity index is 2.96. The Morgan fingerprint density at radius 3 is 2.62 bits per heavy atom. The number of rotatable bonds is 5. The van der Waals surface area contributed by atoms with Gasteiger partial charge in [0.2, 0.25) is 10.0 Å². The van der Waals surface area contributed by atoms with Gasteiger partial charge in [-0.2, -0.15) is 0 Å². The van der Waals surface area contributed by atoms with E-state index in [0.717, 1.165) is 5.56 Å². The molecule has 0 heterocycles. The lowest BCUT2D eigenvalue weighted by Gasteiger charge is -2.11. The molecule has 0 radical (unpaired) electrons. The third kappa shape index (κ3) is 3.41. The van der Waals surface area contributed by atoms with Gasteiger partial charge in [-0.15, -0.1) is 0 Å². The second kappa shape index (κ2) is 5.21. The molecule has 1 aromatic carbocycles. The second-order valence-electron chi connectivity index (χ2n) is 3.60. The standard InChI is InChI=1S/C11H17NO3S/c1-4-7-16(13,14)12-11-8-10(15-3)6-5-9(11)2/h5-6,8,12H,4,7H2,1-3H3. The maximum Gasteiger partial charge on any atom is 0.232 e. The van der Waals surface area contributed by atoms with Gasteiger partial charge in [-0.1, -0.05) is 13.0 Å². The largest absolute Gasteiger partial charge is 0.497 e. The van der Waals surface area contributed by atoms with Crippen molar-refractivity contribution in [2.24, 2.45) is 0 Å². The molecule has 0 amide bonds. The summed E-state index contributed by atoms with van der Waals surface area (Å²) in [6.45, 7) is 3.68. The first-order valence-corrected chi connectivity index (χ1v) is 6.79. The number of hydrogen-bond acceptors (Lipinski definition) is 3. The first kappa shape index (κ1) is 12.8. The van der Waals surface area contributed by atoms with Crippen LogP contribution in [0.3, 0.4) is 0 Å². The van der Waals surface area contributed by atoms with Crippen molar-refractivity contribution < 1.29 is 13.2 Å². The predicted octanol–water partition coefficient (Wildman–Crippen LogP) is 2.16. The molecule has 16 heavy (non-hydrogen) atoms. The molecule has 5 heteroatoms. The molecule has 1 N–H and O–H groups in total. The maximum atomic E-state index is 11.6. The van der Waals surface area contributed by atoms with Gasteiger partial charge in [0.05, 0.1) is 18.6 Å².